The van der Waals surface area contributed by atoms with Crippen LogP contribution in [0.1, 0.15) is 23.2 Å². The van der Waals surface area contributed by atoms with Gasteiger partial charge in [-0.1, -0.05) is 6.07 Å². The molecule has 27 heavy (non-hydrogen) atoms. The van der Waals surface area contributed by atoms with E-state index < -0.39 is 23.7 Å². The first-order valence-corrected chi connectivity index (χ1v) is 8.31. The Kier molecular flexibility index (Phi) is 4.15. The standard InChI is InChI=1S/C19H14FN3O4/c20-12-4-6-15-14(9-12)22-19(27-15)11-3-1-2-10(8-11)17(25)21-13-5-7-16(24)23-18(13)26/h1-4,6,8-9,13H,5,7H2,(H,21,25)(H,23,24,26). The van der Waals surface area contributed by atoms with E-state index in [0.717, 1.165) is 0 Å². The smallest absolute Gasteiger partial charge is 0.251 e. The number of hydrogen-bond donors (Lipinski definition) is 2. The van der Waals surface area contributed by atoms with Crippen LogP contribution < -0.4 is 10.6 Å². The van der Waals surface area contributed by atoms with Crippen LogP contribution in [-0.2, 0) is 9.59 Å². The largest absolute Gasteiger partial charge is 0.436 e. The van der Waals surface area contributed by atoms with Crippen LogP contribution in [0.15, 0.2) is 46.9 Å². The molecule has 3 amide bonds. The van der Waals surface area contributed by atoms with E-state index >= 15 is 0 Å². The Bertz CT molecular complexity index is 1080. The molecule has 7 nitrogen and oxygen atoms in total. The van der Waals surface area contributed by atoms with E-state index in [0.29, 0.717) is 22.2 Å². The molecule has 0 spiro atoms. The Labute approximate surface area is 152 Å². The minimum atomic E-state index is -0.758. The molecule has 1 atom stereocenters. The first kappa shape index (κ1) is 16.9. The van der Waals surface area contributed by atoms with Crippen molar-refractivity contribution in [2.45, 2.75) is 18.9 Å². The van der Waals surface area contributed by atoms with Crippen LogP contribution in [0.25, 0.3) is 22.6 Å². The number of halogens is 1. The van der Waals surface area contributed by atoms with Crippen LogP contribution in [0.4, 0.5) is 4.39 Å². The lowest BCUT2D eigenvalue weighted by atomic mass is 10.0. The Morgan fingerprint density at radius 3 is 2.89 bits per heavy atom. The second-order valence-electron chi connectivity index (χ2n) is 6.19. The van der Waals surface area contributed by atoms with Crippen molar-refractivity contribution in [1.29, 1.82) is 0 Å². The molecule has 0 bridgehead atoms. The van der Waals surface area contributed by atoms with Crippen LogP contribution in [0.2, 0.25) is 0 Å². The number of rotatable bonds is 3. The SMILES string of the molecule is O=C1CCC(NC(=O)c2cccc(-c3nc4cc(F)ccc4o3)c2)C(=O)N1. The molecule has 2 N–H and O–H groups in total. The van der Waals surface area contributed by atoms with E-state index in [1.807, 2.05) is 0 Å². The Morgan fingerprint density at radius 1 is 1.22 bits per heavy atom. The summed E-state index contributed by atoms with van der Waals surface area (Å²) < 4.78 is 18.9. The quantitative estimate of drug-likeness (QED) is 0.691. The summed E-state index contributed by atoms with van der Waals surface area (Å²) in [5.41, 5.74) is 1.67. The molecule has 2 aromatic carbocycles. The fourth-order valence-electron chi connectivity index (χ4n) is 2.89. The third-order valence-corrected chi connectivity index (χ3v) is 4.27. The lowest BCUT2D eigenvalue weighted by Crippen LogP contribution is -2.52. The molecule has 1 unspecified atom stereocenters. The first-order chi connectivity index (χ1) is 13.0. The third-order valence-electron chi connectivity index (χ3n) is 4.27. The number of nitrogens with zero attached hydrogens (tertiary/aromatic N) is 1. The maximum atomic E-state index is 13.3. The molecule has 1 fully saturated rings. The maximum absolute atomic E-state index is 13.3. The van der Waals surface area contributed by atoms with Crippen LogP contribution >= 0.6 is 0 Å². The third kappa shape index (κ3) is 3.41. The average molecular weight is 367 g/mol. The summed E-state index contributed by atoms with van der Waals surface area (Å²) in [6.45, 7) is 0. The Hall–Kier alpha value is -3.55. The highest BCUT2D eigenvalue weighted by Crippen LogP contribution is 2.25. The normalized spacial score (nSPS) is 17.0. The fraction of sp³-hybridized carbons (Fsp3) is 0.158. The molecule has 4 rings (SSSR count). The second kappa shape index (κ2) is 6.64. The number of nitrogens with one attached hydrogen (secondary N) is 2. The van der Waals surface area contributed by atoms with Gasteiger partial charge in [0.05, 0.1) is 0 Å². The zero-order valence-corrected chi connectivity index (χ0v) is 14.0. The van der Waals surface area contributed by atoms with Crippen molar-refractivity contribution in [2.75, 3.05) is 0 Å². The highest BCUT2D eigenvalue weighted by molar-refractivity contribution is 6.04. The molecule has 3 aromatic rings. The van der Waals surface area contributed by atoms with Crippen molar-refractivity contribution < 1.29 is 23.2 Å². The summed E-state index contributed by atoms with van der Waals surface area (Å²) in [6.07, 6.45) is 0.434. The predicted octanol–water partition coefficient (Wildman–Crippen LogP) is 2.17. The zero-order valence-electron chi connectivity index (χ0n) is 14.0. The summed E-state index contributed by atoms with van der Waals surface area (Å²) in [7, 11) is 0. The molecule has 0 radical (unpaired) electrons. The van der Waals surface area contributed by atoms with Crippen LogP contribution in [0.5, 0.6) is 0 Å². The second-order valence-corrected chi connectivity index (χ2v) is 6.19. The molecule has 2 heterocycles. The molecule has 0 saturated carbocycles. The number of piperidine rings is 1. The lowest BCUT2D eigenvalue weighted by molar-refractivity contribution is -0.134. The summed E-state index contributed by atoms with van der Waals surface area (Å²) in [5.74, 6) is -1.48. The van der Waals surface area contributed by atoms with Crippen LogP contribution in [-0.4, -0.2) is 28.7 Å². The van der Waals surface area contributed by atoms with Gasteiger partial charge in [-0.3, -0.25) is 19.7 Å². The number of imide groups is 1. The van der Waals surface area contributed by atoms with Crippen molar-refractivity contribution >= 4 is 28.8 Å². The van der Waals surface area contributed by atoms with E-state index in [4.69, 9.17) is 4.42 Å². The van der Waals surface area contributed by atoms with Gasteiger partial charge in [0.2, 0.25) is 17.7 Å². The van der Waals surface area contributed by atoms with Gasteiger partial charge in [0.15, 0.2) is 5.58 Å². The number of oxazole rings is 1. The van der Waals surface area contributed by atoms with Crippen molar-refractivity contribution in [2.24, 2.45) is 0 Å². The molecule has 1 saturated heterocycles. The molecule has 136 valence electrons. The van der Waals surface area contributed by atoms with Crippen molar-refractivity contribution in [1.82, 2.24) is 15.6 Å². The summed E-state index contributed by atoms with van der Waals surface area (Å²) in [5, 5.41) is 4.81. The number of carbonyl (C=O) groups excluding carboxylic acids is 3. The van der Waals surface area contributed by atoms with Gasteiger partial charge in [-0.25, -0.2) is 9.37 Å². The minimum absolute atomic E-state index is 0.177. The van der Waals surface area contributed by atoms with Crippen LogP contribution in [0, 0.1) is 5.82 Å². The van der Waals surface area contributed by atoms with E-state index in [-0.39, 0.29) is 24.6 Å². The maximum Gasteiger partial charge on any atom is 0.251 e. The topological polar surface area (TPSA) is 101 Å². The summed E-state index contributed by atoms with van der Waals surface area (Å²) in [6, 6.07) is 9.80. The van der Waals surface area contributed by atoms with Gasteiger partial charge < -0.3 is 9.73 Å². The first-order valence-electron chi connectivity index (χ1n) is 8.31. The van der Waals surface area contributed by atoms with Crippen molar-refractivity contribution in [3.8, 4) is 11.5 Å². The molecule has 8 heteroatoms. The van der Waals surface area contributed by atoms with Gasteiger partial charge in [-0.15, -0.1) is 0 Å². The number of aromatic nitrogens is 1. The lowest BCUT2D eigenvalue weighted by Gasteiger charge is -2.21. The Balaban J connectivity index is 1.57. The van der Waals surface area contributed by atoms with Gasteiger partial charge in [0, 0.05) is 23.6 Å². The zero-order chi connectivity index (χ0) is 19.0. The predicted molar refractivity (Wildman–Crippen MR) is 93.0 cm³/mol. The molecule has 0 aliphatic carbocycles. The number of amides is 3. The van der Waals surface area contributed by atoms with E-state index in [2.05, 4.69) is 15.6 Å². The summed E-state index contributed by atoms with van der Waals surface area (Å²) >= 11 is 0. The molecule has 1 aliphatic heterocycles. The Morgan fingerprint density at radius 2 is 2.07 bits per heavy atom. The number of fused-ring (bicyclic) bond motifs is 1. The highest BCUT2D eigenvalue weighted by Gasteiger charge is 2.28. The molecular weight excluding hydrogens is 353 g/mol. The van der Waals surface area contributed by atoms with Crippen molar-refractivity contribution in [3.63, 3.8) is 0 Å². The number of carbonyl (C=O) groups is 3. The highest BCUT2D eigenvalue weighted by atomic mass is 19.1. The van der Waals surface area contributed by atoms with Gasteiger partial charge in [-0.2, -0.15) is 0 Å². The van der Waals surface area contributed by atoms with E-state index in [9.17, 15) is 18.8 Å². The van der Waals surface area contributed by atoms with Gasteiger partial charge in [0.1, 0.15) is 17.4 Å². The van der Waals surface area contributed by atoms with Gasteiger partial charge in [0.25, 0.3) is 5.91 Å². The summed E-state index contributed by atoms with van der Waals surface area (Å²) in [4.78, 5) is 39.7. The van der Waals surface area contributed by atoms with Crippen molar-refractivity contribution in [3.05, 3.63) is 53.8 Å². The van der Waals surface area contributed by atoms with Gasteiger partial charge >= 0.3 is 0 Å². The van der Waals surface area contributed by atoms with Gasteiger partial charge in [-0.05, 0) is 36.8 Å². The molecule has 1 aromatic heterocycles. The average Bonchev–Trinajstić information content (AvgIpc) is 3.07. The minimum Gasteiger partial charge on any atom is -0.436 e. The van der Waals surface area contributed by atoms with E-state index in [1.54, 1.807) is 24.3 Å². The molecule has 1 aliphatic rings. The number of hydrogen-bond acceptors (Lipinski definition) is 5. The van der Waals surface area contributed by atoms with E-state index in [1.165, 1.54) is 18.2 Å². The molecular formula is C19H14FN3O4. The monoisotopic (exact) mass is 367 g/mol. The van der Waals surface area contributed by atoms with Crippen LogP contribution in [0.3, 0.4) is 0 Å². The fourth-order valence-corrected chi connectivity index (χ4v) is 2.89. The number of benzene rings is 2.